The Morgan fingerprint density at radius 2 is 1.79 bits per heavy atom. The summed E-state index contributed by atoms with van der Waals surface area (Å²) in [4.78, 5) is 22.3. The smallest absolute Gasteiger partial charge is 0.384 e. The monoisotopic (exact) mass is 279 g/mol. The first-order valence-electron chi connectivity index (χ1n) is 4.96. The Labute approximate surface area is 105 Å². The summed E-state index contributed by atoms with van der Waals surface area (Å²) in [7, 11) is 0.806. The molecular weight excluding hydrogens is 270 g/mol. The van der Waals surface area contributed by atoms with E-state index in [4.69, 9.17) is 5.11 Å². The second-order valence-electron chi connectivity index (χ2n) is 3.61. The number of carboxylic acids is 1. The molecule has 0 saturated carbocycles. The van der Waals surface area contributed by atoms with Crippen molar-refractivity contribution in [3.8, 4) is 0 Å². The number of aromatic carboxylic acids is 1. The highest BCUT2D eigenvalue weighted by Crippen LogP contribution is 2.28. The van der Waals surface area contributed by atoms with Crippen LogP contribution in [0.3, 0.4) is 0 Å². The van der Waals surface area contributed by atoms with Gasteiger partial charge in [-0.3, -0.25) is 4.79 Å². The van der Waals surface area contributed by atoms with Gasteiger partial charge in [-0.15, -0.1) is 0 Å². The summed E-state index contributed by atoms with van der Waals surface area (Å²) in [5.74, 6) is -8.51. The van der Waals surface area contributed by atoms with Crippen molar-refractivity contribution in [2.45, 2.75) is 12.3 Å². The van der Waals surface area contributed by atoms with Crippen LogP contribution in [0.5, 0.6) is 0 Å². The Hall–Kier alpha value is -2.12. The summed E-state index contributed by atoms with van der Waals surface area (Å²) in [6, 6.07) is 4.76. The number of carboxylic acid groups (broad SMARTS) is 1. The van der Waals surface area contributed by atoms with Gasteiger partial charge in [0.1, 0.15) is 0 Å². The van der Waals surface area contributed by atoms with Crippen LogP contribution in [-0.2, 0) is 4.79 Å². The van der Waals surface area contributed by atoms with E-state index in [1.165, 1.54) is 12.1 Å². The van der Waals surface area contributed by atoms with Crippen molar-refractivity contribution in [2.24, 2.45) is 0 Å². The van der Waals surface area contributed by atoms with Crippen molar-refractivity contribution in [1.29, 1.82) is 0 Å². The zero-order chi connectivity index (χ0) is 14.8. The van der Waals surface area contributed by atoms with E-state index in [1.807, 2.05) is 0 Å². The van der Waals surface area contributed by atoms with Crippen molar-refractivity contribution in [2.75, 3.05) is 11.9 Å². The molecule has 1 amide bonds. The minimum absolute atomic E-state index is 0.204. The lowest BCUT2D eigenvalue weighted by atomic mass is 10.1. The Bertz CT molecular complexity index is 504. The van der Waals surface area contributed by atoms with Gasteiger partial charge in [-0.2, -0.15) is 8.78 Å². The molecule has 0 radical (unpaired) electrons. The van der Waals surface area contributed by atoms with Crippen molar-refractivity contribution in [3.05, 3.63) is 29.8 Å². The van der Waals surface area contributed by atoms with E-state index in [2.05, 4.69) is 0 Å². The Morgan fingerprint density at radius 1 is 1.26 bits per heavy atom. The van der Waals surface area contributed by atoms with Crippen molar-refractivity contribution < 1.29 is 32.3 Å². The Morgan fingerprint density at radius 3 is 2.26 bits per heavy atom. The standard InChI is InChI=1S/C11H9F4NO3/c1-16(10(19)11(14,15)9(12)13)7-5-3-2-4-6(7)8(17)18/h2-5,9H,1H3,(H,17,18). The number of nitrogens with zero attached hydrogens (tertiary/aromatic N) is 1. The molecule has 1 aromatic rings. The van der Waals surface area contributed by atoms with E-state index < -0.39 is 29.8 Å². The fourth-order valence-corrected chi connectivity index (χ4v) is 1.37. The fourth-order valence-electron chi connectivity index (χ4n) is 1.37. The van der Waals surface area contributed by atoms with Gasteiger partial charge in [0.25, 0.3) is 0 Å². The van der Waals surface area contributed by atoms with E-state index in [9.17, 15) is 27.2 Å². The number of benzene rings is 1. The number of carbonyl (C=O) groups excluding carboxylic acids is 1. The van der Waals surface area contributed by atoms with Crippen LogP contribution in [0.4, 0.5) is 23.2 Å². The average Bonchev–Trinajstić information content (AvgIpc) is 2.36. The molecule has 0 heterocycles. The quantitative estimate of drug-likeness (QED) is 0.860. The molecule has 0 spiro atoms. The summed E-state index contributed by atoms with van der Waals surface area (Å²) in [6.07, 6.45) is -4.17. The maximum Gasteiger partial charge on any atom is 0.384 e. The number of para-hydroxylation sites is 1. The number of carbonyl (C=O) groups is 2. The predicted octanol–water partition coefficient (Wildman–Crippen LogP) is 2.25. The summed E-state index contributed by atoms with van der Waals surface area (Å²) in [5, 5.41) is 8.83. The molecule has 19 heavy (non-hydrogen) atoms. The lowest BCUT2D eigenvalue weighted by Gasteiger charge is -2.23. The summed E-state index contributed by atoms with van der Waals surface area (Å²) >= 11 is 0. The van der Waals surface area contributed by atoms with Gasteiger partial charge < -0.3 is 10.0 Å². The molecule has 1 rings (SSSR count). The highest BCUT2D eigenvalue weighted by atomic mass is 19.3. The molecule has 0 bridgehead atoms. The van der Waals surface area contributed by atoms with Crippen LogP contribution in [0.25, 0.3) is 0 Å². The van der Waals surface area contributed by atoms with Crippen LogP contribution in [0.2, 0.25) is 0 Å². The number of alkyl halides is 4. The highest BCUT2D eigenvalue weighted by Gasteiger charge is 2.51. The maximum absolute atomic E-state index is 12.9. The molecule has 0 unspecified atom stereocenters. The van der Waals surface area contributed by atoms with E-state index in [1.54, 1.807) is 0 Å². The molecule has 1 aromatic carbocycles. The Kier molecular flexibility index (Phi) is 4.13. The largest absolute Gasteiger partial charge is 0.478 e. The van der Waals surface area contributed by atoms with Crippen LogP contribution in [0.1, 0.15) is 10.4 Å². The predicted molar refractivity (Wildman–Crippen MR) is 57.8 cm³/mol. The molecule has 4 nitrogen and oxygen atoms in total. The zero-order valence-corrected chi connectivity index (χ0v) is 9.61. The maximum atomic E-state index is 12.9. The summed E-state index contributed by atoms with van der Waals surface area (Å²) < 4.78 is 50.0. The number of amides is 1. The molecule has 0 saturated heterocycles. The zero-order valence-electron chi connectivity index (χ0n) is 9.61. The lowest BCUT2D eigenvalue weighted by Crippen LogP contribution is -2.46. The number of hydrogen-bond acceptors (Lipinski definition) is 2. The minimum atomic E-state index is -4.87. The van der Waals surface area contributed by atoms with Gasteiger partial charge in [0, 0.05) is 7.05 Å². The third kappa shape index (κ3) is 2.83. The van der Waals surface area contributed by atoms with Crippen molar-refractivity contribution >= 4 is 17.6 Å². The first-order valence-corrected chi connectivity index (χ1v) is 4.96. The first kappa shape index (κ1) is 14.9. The fraction of sp³-hybridized carbons (Fsp3) is 0.273. The summed E-state index contributed by atoms with van der Waals surface area (Å²) in [5.41, 5.74) is -0.830. The molecule has 0 aliphatic rings. The van der Waals surface area contributed by atoms with Crippen molar-refractivity contribution in [1.82, 2.24) is 0 Å². The topological polar surface area (TPSA) is 57.6 Å². The van der Waals surface area contributed by atoms with Crippen LogP contribution >= 0.6 is 0 Å². The van der Waals surface area contributed by atoms with Crippen molar-refractivity contribution in [3.63, 3.8) is 0 Å². The number of halogens is 4. The third-order valence-electron chi connectivity index (χ3n) is 2.36. The highest BCUT2D eigenvalue weighted by molar-refractivity contribution is 6.04. The number of rotatable bonds is 4. The van der Waals surface area contributed by atoms with E-state index >= 15 is 0 Å². The van der Waals surface area contributed by atoms with Crippen LogP contribution in [0, 0.1) is 0 Å². The van der Waals surface area contributed by atoms with Gasteiger partial charge in [0.15, 0.2) is 0 Å². The molecule has 8 heteroatoms. The van der Waals surface area contributed by atoms with E-state index in [0.717, 1.165) is 19.2 Å². The van der Waals surface area contributed by atoms with Gasteiger partial charge in [-0.1, -0.05) is 12.1 Å². The second kappa shape index (κ2) is 5.25. The second-order valence-corrected chi connectivity index (χ2v) is 3.61. The van der Waals surface area contributed by atoms with Crippen LogP contribution in [0.15, 0.2) is 24.3 Å². The third-order valence-corrected chi connectivity index (χ3v) is 2.36. The lowest BCUT2D eigenvalue weighted by molar-refractivity contribution is -0.166. The van der Waals surface area contributed by atoms with Crippen LogP contribution in [-0.4, -0.2) is 36.4 Å². The molecule has 0 aromatic heterocycles. The van der Waals surface area contributed by atoms with Gasteiger partial charge in [0.05, 0.1) is 11.3 Å². The number of anilines is 1. The molecule has 1 N–H and O–H groups in total. The molecule has 0 atom stereocenters. The molecule has 0 aliphatic carbocycles. The normalized spacial score (nSPS) is 11.5. The first-order chi connectivity index (χ1) is 8.69. The molecule has 0 fully saturated rings. The van der Waals surface area contributed by atoms with E-state index in [-0.39, 0.29) is 10.6 Å². The summed E-state index contributed by atoms with van der Waals surface area (Å²) in [6.45, 7) is 0. The molecule has 104 valence electrons. The van der Waals surface area contributed by atoms with Gasteiger partial charge in [-0.25, -0.2) is 13.6 Å². The van der Waals surface area contributed by atoms with Crippen LogP contribution < -0.4 is 4.90 Å². The SMILES string of the molecule is CN(C(=O)C(F)(F)C(F)F)c1ccccc1C(=O)O. The van der Waals surface area contributed by atoms with E-state index in [0.29, 0.717) is 0 Å². The molecular formula is C11H9F4NO3. The average molecular weight is 279 g/mol. The number of hydrogen-bond donors (Lipinski definition) is 1. The van der Waals surface area contributed by atoms with Gasteiger partial charge in [0.2, 0.25) is 0 Å². The minimum Gasteiger partial charge on any atom is -0.478 e. The van der Waals surface area contributed by atoms with Gasteiger partial charge >= 0.3 is 24.2 Å². The Balaban J connectivity index is 3.18. The molecule has 0 aliphatic heterocycles. The van der Waals surface area contributed by atoms with Gasteiger partial charge in [-0.05, 0) is 12.1 Å².